The first-order chi connectivity index (χ1) is 13.6. The van der Waals surface area contributed by atoms with Gasteiger partial charge >= 0.3 is 0 Å². The number of rotatable bonds is 6. The molecule has 0 aliphatic heterocycles. The molecule has 4 rings (SSSR count). The number of aromatic nitrogens is 1. The van der Waals surface area contributed by atoms with Gasteiger partial charge in [0.15, 0.2) is 0 Å². The summed E-state index contributed by atoms with van der Waals surface area (Å²) in [6.45, 7) is 2.05. The molecule has 1 fully saturated rings. The van der Waals surface area contributed by atoms with E-state index in [1.54, 1.807) is 35.6 Å². The predicted molar refractivity (Wildman–Crippen MR) is 112 cm³/mol. The Bertz CT molecular complexity index is 989. The highest BCUT2D eigenvalue weighted by Crippen LogP contribution is 2.30. The van der Waals surface area contributed by atoms with Crippen molar-refractivity contribution in [3.8, 4) is 10.6 Å². The van der Waals surface area contributed by atoms with Crippen LogP contribution in [0.3, 0.4) is 0 Å². The minimum atomic E-state index is -0.115. The molecule has 0 saturated heterocycles. The quantitative estimate of drug-likeness (QED) is 0.643. The van der Waals surface area contributed by atoms with Crippen LogP contribution < -0.4 is 10.6 Å². The molecule has 0 bridgehead atoms. The minimum absolute atomic E-state index is 0.0738. The first-order valence-electron chi connectivity index (χ1n) is 9.29. The van der Waals surface area contributed by atoms with E-state index >= 15 is 0 Å². The Morgan fingerprint density at radius 1 is 1.00 bits per heavy atom. The van der Waals surface area contributed by atoms with E-state index in [2.05, 4.69) is 34.7 Å². The summed E-state index contributed by atoms with van der Waals surface area (Å²) in [6, 6.07) is 15.4. The number of aryl methyl sites for hydroxylation is 1. The van der Waals surface area contributed by atoms with Crippen molar-refractivity contribution < 1.29 is 9.59 Å². The number of hydrogen-bond acceptors (Lipinski definition) is 4. The number of carbonyl (C=O) groups excluding carboxylic acids is 2. The number of nitrogens with zero attached hydrogens (tertiary/aromatic N) is 1. The Balaban J connectivity index is 1.32. The maximum atomic E-state index is 12.3. The van der Waals surface area contributed by atoms with E-state index in [1.807, 2.05) is 17.5 Å². The Morgan fingerprint density at radius 2 is 1.64 bits per heavy atom. The Hall–Kier alpha value is -2.99. The largest absolute Gasteiger partial charge is 0.326 e. The van der Waals surface area contributed by atoms with Crippen molar-refractivity contribution in [2.75, 3.05) is 10.6 Å². The molecule has 0 spiro atoms. The monoisotopic (exact) mass is 391 g/mol. The van der Waals surface area contributed by atoms with Gasteiger partial charge in [-0.15, -0.1) is 11.3 Å². The van der Waals surface area contributed by atoms with Gasteiger partial charge in [-0.2, -0.15) is 0 Å². The molecular formula is C22H21N3O2S. The van der Waals surface area contributed by atoms with Gasteiger partial charge in [-0.05, 0) is 44.0 Å². The lowest BCUT2D eigenvalue weighted by Crippen LogP contribution is -2.15. The van der Waals surface area contributed by atoms with Crippen LogP contribution in [-0.4, -0.2) is 16.8 Å². The van der Waals surface area contributed by atoms with Crippen molar-refractivity contribution in [1.29, 1.82) is 0 Å². The predicted octanol–water partition coefficient (Wildman–Crippen LogP) is 4.65. The third-order valence-electron chi connectivity index (χ3n) is 4.58. The van der Waals surface area contributed by atoms with E-state index in [1.165, 1.54) is 5.56 Å². The number of benzene rings is 2. The van der Waals surface area contributed by atoms with E-state index in [0.29, 0.717) is 5.69 Å². The Labute approximate surface area is 167 Å². The summed E-state index contributed by atoms with van der Waals surface area (Å²) >= 11 is 1.54. The van der Waals surface area contributed by atoms with Crippen molar-refractivity contribution in [3.05, 3.63) is 65.2 Å². The summed E-state index contributed by atoms with van der Waals surface area (Å²) in [7, 11) is 0. The lowest BCUT2D eigenvalue weighted by atomic mass is 10.2. The maximum Gasteiger partial charge on any atom is 0.230 e. The zero-order valence-corrected chi connectivity index (χ0v) is 16.4. The first-order valence-corrected chi connectivity index (χ1v) is 10.2. The van der Waals surface area contributed by atoms with Gasteiger partial charge in [0.05, 0.1) is 12.1 Å². The van der Waals surface area contributed by atoms with Crippen molar-refractivity contribution >= 4 is 34.5 Å². The molecule has 6 heteroatoms. The molecule has 1 saturated carbocycles. The second-order valence-electron chi connectivity index (χ2n) is 7.08. The zero-order valence-electron chi connectivity index (χ0n) is 15.6. The van der Waals surface area contributed by atoms with E-state index in [-0.39, 0.29) is 24.2 Å². The molecule has 5 nitrogen and oxygen atoms in total. The molecule has 1 aliphatic rings. The summed E-state index contributed by atoms with van der Waals surface area (Å²) in [5.74, 6) is 0.127. The van der Waals surface area contributed by atoms with Crippen LogP contribution in [0.5, 0.6) is 0 Å². The molecule has 0 atom stereocenters. The molecule has 2 amide bonds. The normalized spacial score (nSPS) is 13.2. The van der Waals surface area contributed by atoms with Crippen molar-refractivity contribution in [3.63, 3.8) is 0 Å². The van der Waals surface area contributed by atoms with Crippen LogP contribution in [0.25, 0.3) is 10.6 Å². The summed E-state index contributed by atoms with van der Waals surface area (Å²) in [5, 5.41) is 8.60. The summed E-state index contributed by atoms with van der Waals surface area (Å²) in [4.78, 5) is 28.7. The molecule has 2 N–H and O–H groups in total. The molecule has 0 radical (unpaired) electrons. The first kappa shape index (κ1) is 18.4. The van der Waals surface area contributed by atoms with Crippen molar-refractivity contribution in [1.82, 2.24) is 4.98 Å². The van der Waals surface area contributed by atoms with Gasteiger partial charge in [0, 0.05) is 28.2 Å². The van der Waals surface area contributed by atoms with Crippen LogP contribution >= 0.6 is 11.3 Å². The van der Waals surface area contributed by atoms with Crippen LogP contribution in [0.15, 0.2) is 53.9 Å². The molecule has 3 aromatic rings. The Morgan fingerprint density at radius 3 is 2.29 bits per heavy atom. The third-order valence-corrected chi connectivity index (χ3v) is 5.52. The highest BCUT2D eigenvalue weighted by Gasteiger charge is 2.29. The van der Waals surface area contributed by atoms with Crippen LogP contribution in [0, 0.1) is 12.8 Å². The number of carbonyl (C=O) groups is 2. The smallest absolute Gasteiger partial charge is 0.230 e. The lowest BCUT2D eigenvalue weighted by molar-refractivity contribution is -0.117. The fraction of sp³-hybridized carbons (Fsp3) is 0.227. The van der Waals surface area contributed by atoms with Gasteiger partial charge in [0.1, 0.15) is 5.01 Å². The van der Waals surface area contributed by atoms with Crippen molar-refractivity contribution in [2.45, 2.75) is 26.2 Å². The second kappa shape index (κ2) is 7.94. The average molecular weight is 391 g/mol. The molecular weight excluding hydrogens is 370 g/mol. The maximum absolute atomic E-state index is 12.3. The van der Waals surface area contributed by atoms with Gasteiger partial charge in [-0.25, -0.2) is 4.98 Å². The number of amides is 2. The molecule has 1 heterocycles. The van der Waals surface area contributed by atoms with Crippen LogP contribution in [0.4, 0.5) is 11.4 Å². The van der Waals surface area contributed by atoms with Gasteiger partial charge in [-0.3, -0.25) is 9.59 Å². The zero-order chi connectivity index (χ0) is 19.5. The molecule has 28 heavy (non-hydrogen) atoms. The topological polar surface area (TPSA) is 71.1 Å². The highest BCUT2D eigenvalue weighted by atomic mass is 32.1. The minimum Gasteiger partial charge on any atom is -0.326 e. The summed E-state index contributed by atoms with van der Waals surface area (Å²) in [6.07, 6.45) is 2.17. The number of thiazole rings is 1. The lowest BCUT2D eigenvalue weighted by Gasteiger charge is -2.07. The average Bonchev–Trinajstić information content (AvgIpc) is 3.44. The van der Waals surface area contributed by atoms with E-state index in [4.69, 9.17) is 0 Å². The summed E-state index contributed by atoms with van der Waals surface area (Å²) < 4.78 is 0. The third kappa shape index (κ3) is 4.64. The van der Waals surface area contributed by atoms with Crippen LogP contribution in [-0.2, 0) is 16.0 Å². The van der Waals surface area contributed by atoms with E-state index in [0.717, 1.165) is 34.8 Å². The Kier molecular flexibility index (Phi) is 5.21. The van der Waals surface area contributed by atoms with E-state index in [9.17, 15) is 9.59 Å². The molecule has 1 aromatic heterocycles. The van der Waals surface area contributed by atoms with Gasteiger partial charge < -0.3 is 10.6 Å². The number of hydrogen-bond donors (Lipinski definition) is 2. The fourth-order valence-electron chi connectivity index (χ4n) is 2.81. The SMILES string of the molecule is Cc1ccc(-c2nc(CC(=O)Nc3ccc(NC(=O)C4CC4)cc3)cs2)cc1. The molecule has 1 aliphatic carbocycles. The number of nitrogens with one attached hydrogen (secondary N) is 2. The summed E-state index contributed by atoms with van der Waals surface area (Å²) in [5.41, 5.74) is 4.47. The fourth-order valence-corrected chi connectivity index (χ4v) is 3.64. The van der Waals surface area contributed by atoms with Crippen molar-refractivity contribution in [2.24, 2.45) is 5.92 Å². The van der Waals surface area contributed by atoms with Crippen LogP contribution in [0.1, 0.15) is 24.1 Å². The second-order valence-corrected chi connectivity index (χ2v) is 7.93. The standard InChI is InChI=1S/C22H21N3O2S/c1-14-2-4-16(5-3-14)22-25-19(13-28-22)12-20(26)23-17-8-10-18(11-9-17)24-21(27)15-6-7-15/h2-5,8-11,13,15H,6-7,12H2,1H3,(H,23,26)(H,24,27). The van der Waals surface area contributed by atoms with E-state index < -0.39 is 0 Å². The number of anilines is 2. The van der Waals surface area contributed by atoms with Gasteiger partial charge in [0.25, 0.3) is 0 Å². The highest BCUT2D eigenvalue weighted by molar-refractivity contribution is 7.13. The van der Waals surface area contributed by atoms with Gasteiger partial charge in [-0.1, -0.05) is 29.8 Å². The van der Waals surface area contributed by atoms with Gasteiger partial charge in [0.2, 0.25) is 11.8 Å². The molecule has 0 unspecified atom stereocenters. The molecule has 142 valence electrons. The molecule has 2 aromatic carbocycles. The van der Waals surface area contributed by atoms with Crippen LogP contribution in [0.2, 0.25) is 0 Å².